The summed E-state index contributed by atoms with van der Waals surface area (Å²) >= 11 is 1.07. The van der Waals surface area contributed by atoms with Crippen LogP contribution in [0.4, 0.5) is 0 Å². The molecule has 0 fully saturated rings. The maximum atomic E-state index is 10.9. The molecular weight excluding hydrogens is 200 g/mol. The van der Waals surface area contributed by atoms with Gasteiger partial charge in [-0.05, 0) is 18.5 Å². The molecular formula is C5H8N2O3S2. The van der Waals surface area contributed by atoms with Gasteiger partial charge in [-0.15, -0.1) is 0 Å². The van der Waals surface area contributed by atoms with Gasteiger partial charge in [0.05, 0.1) is 7.11 Å². The molecule has 0 saturated heterocycles. The Balaban J connectivity index is 2.77. The fraction of sp³-hybridized carbons (Fsp3) is 0.600. The van der Waals surface area contributed by atoms with E-state index in [4.69, 9.17) is 0 Å². The van der Waals surface area contributed by atoms with Crippen LogP contribution in [0.1, 0.15) is 10.8 Å². The molecule has 1 rings (SSSR count). The van der Waals surface area contributed by atoms with Crippen molar-refractivity contribution in [1.82, 2.24) is 9.36 Å². The summed E-state index contributed by atoms with van der Waals surface area (Å²) in [6.45, 7) is 1.71. The number of aryl methyl sites for hydroxylation is 1. The molecule has 0 aliphatic heterocycles. The van der Waals surface area contributed by atoms with E-state index in [1.165, 1.54) is 0 Å². The first-order valence-electron chi connectivity index (χ1n) is 3.11. The molecule has 5 nitrogen and oxygen atoms in total. The predicted octanol–water partition coefficient (Wildman–Crippen LogP) is 0.323. The largest absolute Gasteiger partial charge is 0.273 e. The zero-order chi connectivity index (χ0) is 9.19. The maximum absolute atomic E-state index is 10.9. The molecule has 0 atom stereocenters. The summed E-state index contributed by atoms with van der Waals surface area (Å²) in [7, 11) is -2.32. The van der Waals surface area contributed by atoms with Gasteiger partial charge in [0.1, 0.15) is 16.6 Å². The molecule has 12 heavy (non-hydrogen) atoms. The summed E-state index contributed by atoms with van der Waals surface area (Å²) in [4.78, 5) is 3.89. The van der Waals surface area contributed by atoms with E-state index in [1.54, 1.807) is 6.92 Å². The molecule has 0 saturated carbocycles. The molecule has 0 N–H and O–H groups in total. The number of hydrogen-bond acceptors (Lipinski definition) is 6. The first-order chi connectivity index (χ1) is 5.53. The molecule has 0 radical (unpaired) electrons. The Labute approximate surface area is 74.7 Å². The molecule has 7 heteroatoms. The van der Waals surface area contributed by atoms with E-state index in [0.29, 0.717) is 10.8 Å². The fourth-order valence-corrected chi connectivity index (χ4v) is 2.19. The first-order valence-corrected chi connectivity index (χ1v) is 5.46. The minimum absolute atomic E-state index is 0.199. The van der Waals surface area contributed by atoms with Gasteiger partial charge in [-0.25, -0.2) is 4.98 Å². The fourth-order valence-electron chi connectivity index (χ4n) is 0.609. The third-order valence-electron chi connectivity index (χ3n) is 1.12. The molecule has 1 aromatic heterocycles. The molecule has 1 aromatic rings. The quantitative estimate of drug-likeness (QED) is 0.669. The van der Waals surface area contributed by atoms with E-state index in [-0.39, 0.29) is 5.75 Å². The summed E-state index contributed by atoms with van der Waals surface area (Å²) in [6.07, 6.45) is 0. The lowest BCUT2D eigenvalue weighted by molar-refractivity contribution is 0.397. The van der Waals surface area contributed by atoms with Crippen LogP contribution in [0.2, 0.25) is 0 Å². The van der Waals surface area contributed by atoms with Crippen molar-refractivity contribution < 1.29 is 12.6 Å². The molecule has 1 heterocycles. The predicted molar refractivity (Wildman–Crippen MR) is 44.3 cm³/mol. The molecule has 0 aromatic carbocycles. The smallest absolute Gasteiger partial charge is 0.273 e. The van der Waals surface area contributed by atoms with Crippen molar-refractivity contribution in [2.75, 3.05) is 7.11 Å². The summed E-state index contributed by atoms with van der Waals surface area (Å²) in [5.41, 5.74) is 0. The summed E-state index contributed by atoms with van der Waals surface area (Å²) in [5, 5.41) is 0.453. The molecule has 68 valence electrons. The van der Waals surface area contributed by atoms with Crippen LogP contribution < -0.4 is 0 Å². The van der Waals surface area contributed by atoms with Gasteiger partial charge < -0.3 is 0 Å². The second kappa shape index (κ2) is 3.46. The van der Waals surface area contributed by atoms with E-state index < -0.39 is 10.1 Å². The molecule has 0 aliphatic carbocycles. The monoisotopic (exact) mass is 208 g/mol. The molecule has 0 unspecified atom stereocenters. The minimum atomic E-state index is -3.45. The van der Waals surface area contributed by atoms with Crippen LogP contribution in [-0.2, 0) is 20.1 Å². The minimum Gasteiger partial charge on any atom is -0.273 e. The second-order valence-electron chi connectivity index (χ2n) is 2.10. The average molecular weight is 208 g/mol. The SMILES string of the molecule is COS(=O)(=O)Cc1nc(C)ns1. The van der Waals surface area contributed by atoms with Crippen LogP contribution in [0.5, 0.6) is 0 Å². The Hall–Kier alpha value is -0.530. The first kappa shape index (κ1) is 9.56. The third-order valence-corrected chi connectivity index (χ3v) is 3.24. The Morgan fingerprint density at radius 2 is 2.25 bits per heavy atom. The Kier molecular flexibility index (Phi) is 2.76. The highest BCUT2D eigenvalue weighted by atomic mass is 32.2. The van der Waals surface area contributed by atoms with Crippen LogP contribution in [0.15, 0.2) is 0 Å². The Bertz CT molecular complexity index is 357. The number of hydrogen-bond donors (Lipinski definition) is 0. The van der Waals surface area contributed by atoms with Gasteiger partial charge in [-0.1, -0.05) is 0 Å². The normalized spacial score (nSPS) is 11.8. The zero-order valence-corrected chi connectivity index (χ0v) is 8.28. The Morgan fingerprint density at radius 3 is 2.67 bits per heavy atom. The van der Waals surface area contributed by atoms with Crippen LogP contribution in [-0.4, -0.2) is 24.9 Å². The van der Waals surface area contributed by atoms with Crippen LogP contribution in [0, 0.1) is 6.92 Å². The summed E-state index contributed by atoms with van der Waals surface area (Å²) in [5.74, 6) is 0.385. The van der Waals surface area contributed by atoms with E-state index >= 15 is 0 Å². The standard InChI is InChI=1S/C5H8N2O3S2/c1-4-6-5(11-7-4)3-12(8,9)10-2/h3H2,1-2H3. The van der Waals surface area contributed by atoms with Crippen LogP contribution in [0.3, 0.4) is 0 Å². The van der Waals surface area contributed by atoms with E-state index in [1.807, 2.05) is 0 Å². The topological polar surface area (TPSA) is 69.2 Å². The highest BCUT2D eigenvalue weighted by molar-refractivity contribution is 7.86. The van der Waals surface area contributed by atoms with E-state index in [9.17, 15) is 8.42 Å². The van der Waals surface area contributed by atoms with Crippen molar-refractivity contribution >= 4 is 21.7 Å². The van der Waals surface area contributed by atoms with Gasteiger partial charge in [0.2, 0.25) is 0 Å². The van der Waals surface area contributed by atoms with Gasteiger partial charge in [0, 0.05) is 0 Å². The highest BCUT2D eigenvalue weighted by Crippen LogP contribution is 2.08. The molecule has 0 bridgehead atoms. The molecule has 0 spiro atoms. The van der Waals surface area contributed by atoms with Crippen LogP contribution >= 0.6 is 11.5 Å². The zero-order valence-electron chi connectivity index (χ0n) is 6.64. The lowest BCUT2D eigenvalue weighted by atomic mass is 10.7. The number of rotatable bonds is 3. The maximum Gasteiger partial charge on any atom is 0.273 e. The lowest BCUT2D eigenvalue weighted by Gasteiger charge is -1.95. The van der Waals surface area contributed by atoms with Gasteiger partial charge in [-0.3, -0.25) is 4.18 Å². The average Bonchev–Trinajstić information content (AvgIpc) is 2.35. The Morgan fingerprint density at radius 1 is 1.58 bits per heavy atom. The van der Waals surface area contributed by atoms with E-state index in [0.717, 1.165) is 18.6 Å². The third kappa shape index (κ3) is 2.50. The van der Waals surface area contributed by atoms with Crippen molar-refractivity contribution in [1.29, 1.82) is 0 Å². The van der Waals surface area contributed by atoms with Crippen molar-refractivity contribution in [3.8, 4) is 0 Å². The summed E-state index contributed by atoms with van der Waals surface area (Å²) < 4.78 is 29.9. The van der Waals surface area contributed by atoms with Crippen LogP contribution in [0.25, 0.3) is 0 Å². The molecule has 0 aliphatic rings. The van der Waals surface area contributed by atoms with Gasteiger partial charge in [0.15, 0.2) is 0 Å². The number of nitrogens with zero attached hydrogens (tertiary/aromatic N) is 2. The van der Waals surface area contributed by atoms with Gasteiger partial charge >= 0.3 is 0 Å². The van der Waals surface area contributed by atoms with Crippen molar-refractivity contribution in [2.24, 2.45) is 0 Å². The molecule has 0 amide bonds. The van der Waals surface area contributed by atoms with Gasteiger partial charge in [0.25, 0.3) is 10.1 Å². The van der Waals surface area contributed by atoms with E-state index in [2.05, 4.69) is 13.5 Å². The summed E-state index contributed by atoms with van der Waals surface area (Å²) in [6, 6.07) is 0. The van der Waals surface area contributed by atoms with Crippen molar-refractivity contribution in [2.45, 2.75) is 12.7 Å². The number of aromatic nitrogens is 2. The lowest BCUT2D eigenvalue weighted by Crippen LogP contribution is -2.05. The van der Waals surface area contributed by atoms with Crippen molar-refractivity contribution in [3.05, 3.63) is 10.8 Å². The van der Waals surface area contributed by atoms with Crippen molar-refractivity contribution in [3.63, 3.8) is 0 Å². The highest BCUT2D eigenvalue weighted by Gasteiger charge is 2.13. The second-order valence-corrected chi connectivity index (χ2v) is 4.68. The van der Waals surface area contributed by atoms with Gasteiger partial charge in [-0.2, -0.15) is 12.8 Å².